The zero-order valence-electron chi connectivity index (χ0n) is 14.1. The van der Waals surface area contributed by atoms with Gasteiger partial charge in [-0.1, -0.05) is 6.07 Å². The van der Waals surface area contributed by atoms with E-state index in [0.29, 0.717) is 6.54 Å². The number of hydrogen-bond donors (Lipinski definition) is 1. The lowest BCUT2D eigenvalue weighted by atomic mass is 9.93. The number of rotatable bonds is 4. The van der Waals surface area contributed by atoms with Crippen LogP contribution in [0.5, 0.6) is 11.5 Å². The second kappa shape index (κ2) is 6.69. The molecule has 0 amide bonds. The number of ether oxygens (including phenoxy) is 2. The van der Waals surface area contributed by atoms with E-state index in [9.17, 15) is 9.90 Å². The molecule has 4 rings (SSSR count). The molecule has 1 aromatic carbocycles. The Balaban J connectivity index is 1.72. The Hall–Kier alpha value is -2.05. The van der Waals surface area contributed by atoms with Crippen molar-refractivity contribution in [1.82, 2.24) is 4.90 Å². The average molecular weight is 359 g/mol. The lowest BCUT2D eigenvalue weighted by Gasteiger charge is -2.37. The highest BCUT2D eigenvalue weighted by Crippen LogP contribution is 2.41. The second-order valence-electron chi connectivity index (χ2n) is 6.66. The summed E-state index contributed by atoms with van der Waals surface area (Å²) >= 11 is 1.73. The minimum atomic E-state index is -0.697. The molecule has 1 N–H and O–H groups in total. The van der Waals surface area contributed by atoms with Crippen molar-refractivity contribution in [3.8, 4) is 11.5 Å². The molecule has 0 aliphatic carbocycles. The molecule has 6 heteroatoms. The number of piperidine rings is 1. The van der Waals surface area contributed by atoms with Gasteiger partial charge in [0, 0.05) is 11.4 Å². The largest absolute Gasteiger partial charge is 0.481 e. The van der Waals surface area contributed by atoms with Crippen LogP contribution in [0.25, 0.3) is 0 Å². The van der Waals surface area contributed by atoms with Gasteiger partial charge in [-0.3, -0.25) is 9.69 Å². The summed E-state index contributed by atoms with van der Waals surface area (Å²) in [4.78, 5) is 15.1. The highest BCUT2D eigenvalue weighted by atomic mass is 32.1. The number of carboxylic acids is 1. The smallest absolute Gasteiger partial charge is 0.307 e. The summed E-state index contributed by atoms with van der Waals surface area (Å²) in [6.07, 6.45) is 1.66. The molecule has 0 spiro atoms. The molecule has 2 aromatic rings. The van der Waals surface area contributed by atoms with Crippen molar-refractivity contribution in [2.75, 3.05) is 19.9 Å². The highest BCUT2D eigenvalue weighted by Gasteiger charge is 2.33. The van der Waals surface area contributed by atoms with E-state index in [1.807, 2.05) is 12.1 Å². The van der Waals surface area contributed by atoms with Gasteiger partial charge in [-0.15, -0.1) is 11.3 Å². The van der Waals surface area contributed by atoms with Crippen molar-refractivity contribution in [3.63, 3.8) is 0 Å². The fraction of sp³-hybridized carbons (Fsp3) is 0.421. The third kappa shape index (κ3) is 3.12. The van der Waals surface area contributed by atoms with Gasteiger partial charge in [-0.25, -0.2) is 0 Å². The van der Waals surface area contributed by atoms with E-state index in [1.165, 1.54) is 10.4 Å². The van der Waals surface area contributed by atoms with Crippen LogP contribution in [-0.4, -0.2) is 35.9 Å². The number of aliphatic carboxylic acids is 1. The first-order valence-electron chi connectivity index (χ1n) is 8.54. The number of aryl methyl sites for hydroxylation is 1. The molecule has 2 unspecified atom stereocenters. The van der Waals surface area contributed by atoms with Crippen LogP contribution in [0.15, 0.2) is 29.6 Å². The van der Waals surface area contributed by atoms with Gasteiger partial charge in [0.25, 0.3) is 0 Å². The molecular weight excluding hydrogens is 338 g/mol. The van der Waals surface area contributed by atoms with Crippen LogP contribution in [0, 0.1) is 12.8 Å². The van der Waals surface area contributed by atoms with Gasteiger partial charge in [-0.05, 0) is 61.0 Å². The summed E-state index contributed by atoms with van der Waals surface area (Å²) in [6, 6.07) is 8.24. The number of nitrogens with zero attached hydrogens (tertiary/aromatic N) is 1. The van der Waals surface area contributed by atoms with E-state index in [1.54, 1.807) is 11.3 Å². The minimum Gasteiger partial charge on any atom is -0.481 e. The fourth-order valence-corrected chi connectivity index (χ4v) is 4.81. The molecule has 2 aliphatic rings. The maximum absolute atomic E-state index is 11.5. The number of carboxylic acid groups (broad SMARTS) is 1. The van der Waals surface area contributed by atoms with Crippen LogP contribution in [-0.2, 0) is 4.79 Å². The Morgan fingerprint density at radius 2 is 2.16 bits per heavy atom. The van der Waals surface area contributed by atoms with E-state index in [-0.39, 0.29) is 18.8 Å². The first-order chi connectivity index (χ1) is 12.1. The van der Waals surface area contributed by atoms with Gasteiger partial charge in [0.05, 0.1) is 12.0 Å². The second-order valence-corrected chi connectivity index (χ2v) is 7.60. The summed E-state index contributed by atoms with van der Waals surface area (Å²) in [6.45, 7) is 3.85. The quantitative estimate of drug-likeness (QED) is 0.903. The van der Waals surface area contributed by atoms with E-state index >= 15 is 0 Å². The topological polar surface area (TPSA) is 59.0 Å². The van der Waals surface area contributed by atoms with Crippen molar-refractivity contribution in [2.45, 2.75) is 25.8 Å². The molecule has 0 bridgehead atoms. The van der Waals surface area contributed by atoms with E-state index < -0.39 is 5.97 Å². The zero-order chi connectivity index (χ0) is 17.4. The van der Waals surface area contributed by atoms with E-state index in [4.69, 9.17) is 9.47 Å². The van der Waals surface area contributed by atoms with Crippen molar-refractivity contribution in [1.29, 1.82) is 0 Å². The summed E-state index contributed by atoms with van der Waals surface area (Å²) < 4.78 is 11.0. The Bertz CT molecular complexity index is 787. The van der Waals surface area contributed by atoms with Crippen molar-refractivity contribution in [2.24, 2.45) is 5.92 Å². The van der Waals surface area contributed by atoms with Crippen LogP contribution < -0.4 is 9.47 Å². The maximum atomic E-state index is 11.5. The maximum Gasteiger partial charge on any atom is 0.307 e. The molecule has 0 radical (unpaired) electrons. The molecule has 3 heterocycles. The average Bonchev–Trinajstić information content (AvgIpc) is 3.24. The van der Waals surface area contributed by atoms with Crippen LogP contribution in [0.2, 0.25) is 0 Å². The summed E-state index contributed by atoms with van der Waals surface area (Å²) in [5.74, 6) is 0.540. The van der Waals surface area contributed by atoms with Gasteiger partial charge in [0.15, 0.2) is 11.5 Å². The van der Waals surface area contributed by atoms with Crippen LogP contribution in [0.4, 0.5) is 0 Å². The van der Waals surface area contributed by atoms with Gasteiger partial charge in [-0.2, -0.15) is 0 Å². The number of fused-ring (bicyclic) bond motifs is 1. The van der Waals surface area contributed by atoms with Gasteiger partial charge < -0.3 is 14.6 Å². The predicted octanol–water partition coefficient (Wildman–Crippen LogP) is 3.67. The van der Waals surface area contributed by atoms with Crippen LogP contribution >= 0.6 is 11.3 Å². The normalized spacial score (nSPS) is 21.2. The summed E-state index contributed by atoms with van der Waals surface area (Å²) in [7, 11) is 0. The molecule has 1 aromatic heterocycles. The van der Waals surface area contributed by atoms with Gasteiger partial charge in [0.2, 0.25) is 6.79 Å². The van der Waals surface area contributed by atoms with E-state index in [2.05, 4.69) is 29.3 Å². The Morgan fingerprint density at radius 1 is 1.32 bits per heavy atom. The zero-order valence-corrected chi connectivity index (χ0v) is 14.9. The number of thiophene rings is 1. The SMILES string of the molecule is Cc1ccsc1C(c1ccc2c(c1)OCO2)N1CCCC(C(=O)O)C1. The predicted molar refractivity (Wildman–Crippen MR) is 95.4 cm³/mol. The van der Waals surface area contributed by atoms with Crippen LogP contribution in [0.3, 0.4) is 0 Å². The first kappa shape index (κ1) is 16.4. The Labute approximate surface area is 150 Å². The number of hydrogen-bond acceptors (Lipinski definition) is 5. The monoisotopic (exact) mass is 359 g/mol. The molecule has 2 atom stereocenters. The molecule has 1 fully saturated rings. The van der Waals surface area contributed by atoms with Crippen molar-refractivity contribution >= 4 is 17.3 Å². The molecule has 2 aliphatic heterocycles. The molecule has 132 valence electrons. The minimum absolute atomic E-state index is 0.0525. The summed E-state index contributed by atoms with van der Waals surface area (Å²) in [5, 5.41) is 11.6. The molecule has 0 saturated carbocycles. The highest BCUT2D eigenvalue weighted by molar-refractivity contribution is 7.10. The number of likely N-dealkylation sites (tertiary alicyclic amines) is 1. The summed E-state index contributed by atoms with van der Waals surface area (Å²) in [5.41, 5.74) is 2.37. The molecular formula is C19H21NO4S. The Kier molecular flexibility index (Phi) is 4.39. The van der Waals surface area contributed by atoms with Crippen molar-refractivity contribution in [3.05, 3.63) is 45.6 Å². The number of carbonyl (C=O) groups is 1. The van der Waals surface area contributed by atoms with Gasteiger partial charge in [0.1, 0.15) is 0 Å². The molecule has 5 nitrogen and oxygen atoms in total. The third-order valence-electron chi connectivity index (χ3n) is 5.03. The fourth-order valence-electron chi connectivity index (χ4n) is 3.72. The lowest BCUT2D eigenvalue weighted by molar-refractivity contribution is -0.143. The van der Waals surface area contributed by atoms with Gasteiger partial charge >= 0.3 is 5.97 Å². The number of benzene rings is 1. The van der Waals surface area contributed by atoms with E-state index in [0.717, 1.165) is 36.4 Å². The van der Waals surface area contributed by atoms with Crippen LogP contribution in [0.1, 0.15) is 34.9 Å². The Morgan fingerprint density at radius 3 is 2.92 bits per heavy atom. The van der Waals surface area contributed by atoms with Crippen molar-refractivity contribution < 1.29 is 19.4 Å². The first-order valence-corrected chi connectivity index (χ1v) is 9.42. The molecule has 25 heavy (non-hydrogen) atoms. The molecule has 1 saturated heterocycles. The standard InChI is InChI=1S/C19H21NO4S/c1-12-6-8-25-18(12)17(20-7-2-3-14(10-20)19(21)22)13-4-5-15-16(9-13)24-11-23-15/h4-6,8-9,14,17H,2-3,7,10-11H2,1H3,(H,21,22). The lowest BCUT2D eigenvalue weighted by Crippen LogP contribution is -2.41. The third-order valence-corrected chi connectivity index (χ3v) is 6.10.